The molecule has 0 aliphatic rings. The van der Waals surface area contributed by atoms with Crippen LogP contribution in [0.2, 0.25) is 0 Å². The lowest BCUT2D eigenvalue weighted by molar-refractivity contribution is -0.138. The molecule has 20 heteroatoms. The third kappa shape index (κ3) is 44.8. The van der Waals surface area contributed by atoms with Gasteiger partial charge in [0.1, 0.15) is 6.61 Å². The highest BCUT2D eigenvalue weighted by Crippen LogP contribution is 2.00. The predicted octanol–water partition coefficient (Wildman–Crippen LogP) is 1.50. The summed E-state index contributed by atoms with van der Waals surface area (Å²) >= 11 is 0. The molecule has 1 aromatic carbocycles. The summed E-state index contributed by atoms with van der Waals surface area (Å²) < 4.78 is 76.2. The number of ether oxygens (including phenoxy) is 14. The molecule has 0 bridgehead atoms. The van der Waals surface area contributed by atoms with Gasteiger partial charge in [-0.2, -0.15) is 0 Å². The van der Waals surface area contributed by atoms with Gasteiger partial charge < -0.3 is 82.1 Å². The Kier molecular flexibility index (Phi) is 42.6. The summed E-state index contributed by atoms with van der Waals surface area (Å²) in [7, 11) is 0. The lowest BCUT2D eigenvalue weighted by Crippen LogP contribution is -2.28. The molecular formula is C41H72N2O18. The van der Waals surface area contributed by atoms with Gasteiger partial charge in [0.2, 0.25) is 5.91 Å². The van der Waals surface area contributed by atoms with Crippen LogP contribution in [0.3, 0.4) is 0 Å². The second kappa shape index (κ2) is 46.4. The largest absolute Gasteiger partial charge is 0.481 e. The van der Waals surface area contributed by atoms with Crippen LogP contribution in [0.1, 0.15) is 24.8 Å². The fourth-order valence-corrected chi connectivity index (χ4v) is 4.45. The zero-order valence-electron chi connectivity index (χ0n) is 35.9. The first-order chi connectivity index (χ1) is 30.1. The Morgan fingerprint density at radius 1 is 0.393 bits per heavy atom. The molecule has 0 unspecified atom stereocenters. The van der Waals surface area contributed by atoms with Gasteiger partial charge in [-0.15, -0.1) is 0 Å². The highest BCUT2D eigenvalue weighted by molar-refractivity contribution is 5.80. The maximum absolute atomic E-state index is 11.7. The fraction of sp³-hybridized carbons (Fsp3) is 0.780. The van der Waals surface area contributed by atoms with Gasteiger partial charge in [-0.05, 0) is 12.0 Å². The molecule has 0 saturated carbocycles. The van der Waals surface area contributed by atoms with Crippen LogP contribution >= 0.6 is 0 Å². The van der Waals surface area contributed by atoms with Gasteiger partial charge in [-0.1, -0.05) is 30.3 Å². The summed E-state index contributed by atoms with van der Waals surface area (Å²) in [6.07, 6.45) is -0.0165. The molecule has 0 aromatic heterocycles. The molecule has 354 valence electrons. The number of hydrogen-bond donors (Lipinski definition) is 3. The van der Waals surface area contributed by atoms with Crippen LogP contribution in [0.25, 0.3) is 0 Å². The van der Waals surface area contributed by atoms with Crippen LogP contribution in [0.5, 0.6) is 0 Å². The molecule has 20 nitrogen and oxygen atoms in total. The van der Waals surface area contributed by atoms with E-state index < -0.39 is 12.1 Å². The van der Waals surface area contributed by atoms with Crippen molar-refractivity contribution in [2.45, 2.75) is 25.9 Å². The summed E-state index contributed by atoms with van der Waals surface area (Å²) in [5, 5.41) is 13.8. The van der Waals surface area contributed by atoms with Crippen molar-refractivity contribution in [1.29, 1.82) is 0 Å². The first kappa shape index (κ1) is 55.9. The Morgan fingerprint density at radius 2 is 0.721 bits per heavy atom. The van der Waals surface area contributed by atoms with Crippen molar-refractivity contribution in [3.05, 3.63) is 35.9 Å². The van der Waals surface area contributed by atoms with E-state index in [4.69, 9.17) is 71.4 Å². The Hall–Kier alpha value is -3.09. The molecule has 0 aliphatic heterocycles. The van der Waals surface area contributed by atoms with Crippen molar-refractivity contribution in [3.8, 4) is 0 Å². The van der Waals surface area contributed by atoms with Crippen LogP contribution in [-0.4, -0.2) is 208 Å². The number of rotatable bonds is 48. The second-order valence-electron chi connectivity index (χ2n) is 12.5. The number of carboxylic acids is 1. The van der Waals surface area contributed by atoms with E-state index in [-0.39, 0.29) is 25.4 Å². The van der Waals surface area contributed by atoms with E-state index in [9.17, 15) is 14.4 Å². The van der Waals surface area contributed by atoms with E-state index in [1.807, 2.05) is 30.3 Å². The Bertz CT molecular complexity index is 1110. The van der Waals surface area contributed by atoms with E-state index in [0.717, 1.165) is 5.56 Å². The van der Waals surface area contributed by atoms with Gasteiger partial charge in [-0.25, -0.2) is 4.79 Å². The van der Waals surface area contributed by atoms with Crippen molar-refractivity contribution >= 4 is 18.0 Å². The quantitative estimate of drug-likeness (QED) is 0.0789. The Labute approximate surface area is 360 Å². The average molecular weight is 881 g/mol. The molecule has 1 rings (SSSR count). The minimum atomic E-state index is -0.987. The van der Waals surface area contributed by atoms with Crippen LogP contribution in [0, 0.1) is 0 Å². The van der Waals surface area contributed by atoms with Gasteiger partial charge >= 0.3 is 12.1 Å². The Balaban J connectivity index is 1.62. The van der Waals surface area contributed by atoms with E-state index >= 15 is 0 Å². The molecule has 0 radical (unpaired) electrons. The molecule has 0 aliphatic carbocycles. The number of carbonyl (C=O) groups is 3. The van der Waals surface area contributed by atoms with Gasteiger partial charge in [-0.3, -0.25) is 9.59 Å². The number of nitrogens with one attached hydrogen (secondary N) is 2. The van der Waals surface area contributed by atoms with Gasteiger partial charge in [0, 0.05) is 26.1 Å². The summed E-state index contributed by atoms with van der Waals surface area (Å²) in [5.74, 6) is -1.26. The molecule has 0 atom stereocenters. The van der Waals surface area contributed by atoms with Gasteiger partial charge in [0.25, 0.3) is 0 Å². The third-order valence-electron chi connectivity index (χ3n) is 7.55. The topological polar surface area (TPSA) is 225 Å². The lowest BCUT2D eigenvalue weighted by atomic mass is 10.2. The number of alkyl carbamates (subject to hydrolysis) is 1. The minimum absolute atomic E-state index is 0.0157. The van der Waals surface area contributed by atoms with Crippen LogP contribution in [0.4, 0.5) is 4.79 Å². The van der Waals surface area contributed by atoms with Crippen molar-refractivity contribution < 1.29 is 85.8 Å². The van der Waals surface area contributed by atoms with Gasteiger partial charge in [0.15, 0.2) is 0 Å². The highest BCUT2D eigenvalue weighted by Gasteiger charge is 2.05. The standard InChI is InChI=1S/C41H72N2O18/c44-39(7-8-40(45)46)42-9-4-11-48-13-15-50-17-19-52-21-23-54-25-27-56-29-31-58-33-35-60-36-34-59-32-30-57-28-26-55-24-22-53-20-18-51-16-14-49-12-10-43-41(47)61-37-38-5-2-1-3-6-38/h1-3,5-6H,4,7-37H2,(H,42,44)(H,43,47)(H,45,46). The van der Waals surface area contributed by atoms with E-state index in [1.54, 1.807) is 0 Å². The number of carboxylic acid groups (broad SMARTS) is 1. The molecule has 0 fully saturated rings. The van der Waals surface area contributed by atoms with Gasteiger partial charge in [0.05, 0.1) is 172 Å². The smallest absolute Gasteiger partial charge is 0.407 e. The normalized spacial score (nSPS) is 11.2. The van der Waals surface area contributed by atoms with Crippen LogP contribution in [0.15, 0.2) is 30.3 Å². The third-order valence-corrected chi connectivity index (χ3v) is 7.55. The number of hydrogen-bond acceptors (Lipinski definition) is 17. The lowest BCUT2D eigenvalue weighted by Gasteiger charge is -2.09. The summed E-state index contributed by atoms with van der Waals surface area (Å²) in [6.45, 7) is 13.0. The molecular weight excluding hydrogens is 808 g/mol. The maximum Gasteiger partial charge on any atom is 0.407 e. The highest BCUT2D eigenvalue weighted by atomic mass is 16.6. The first-order valence-corrected chi connectivity index (χ1v) is 21.0. The van der Waals surface area contributed by atoms with Crippen molar-refractivity contribution in [2.24, 2.45) is 0 Å². The molecule has 2 amide bonds. The maximum atomic E-state index is 11.7. The number of carbonyl (C=O) groups excluding carboxylic acids is 2. The zero-order valence-corrected chi connectivity index (χ0v) is 35.9. The van der Waals surface area contributed by atoms with Crippen LogP contribution < -0.4 is 10.6 Å². The van der Waals surface area contributed by atoms with Crippen molar-refractivity contribution in [2.75, 3.05) is 185 Å². The SMILES string of the molecule is O=C(O)CCC(=O)NCCCOCCOCCOCCOCCOCCOCCOCCOCCOCCOCCOCCOCCOCCNC(=O)OCc1ccccc1. The second-order valence-corrected chi connectivity index (χ2v) is 12.5. The van der Waals surface area contributed by atoms with E-state index in [2.05, 4.69) is 10.6 Å². The molecule has 61 heavy (non-hydrogen) atoms. The monoisotopic (exact) mass is 880 g/mol. The number of aliphatic carboxylic acids is 1. The molecule has 0 saturated heterocycles. The number of benzene rings is 1. The summed E-state index contributed by atoms with van der Waals surface area (Å²) in [5.41, 5.74) is 0.931. The van der Waals surface area contributed by atoms with Crippen LogP contribution in [-0.2, 0) is 82.5 Å². The fourth-order valence-electron chi connectivity index (χ4n) is 4.45. The molecule has 3 N–H and O–H groups in total. The number of amides is 2. The summed E-state index contributed by atoms with van der Waals surface area (Å²) in [6, 6.07) is 9.48. The van der Waals surface area contributed by atoms with Crippen molar-refractivity contribution in [3.63, 3.8) is 0 Å². The van der Waals surface area contributed by atoms with E-state index in [0.29, 0.717) is 191 Å². The van der Waals surface area contributed by atoms with E-state index in [1.165, 1.54) is 0 Å². The molecule has 0 heterocycles. The minimum Gasteiger partial charge on any atom is -0.481 e. The summed E-state index contributed by atoms with van der Waals surface area (Å²) in [4.78, 5) is 33.5. The predicted molar refractivity (Wildman–Crippen MR) is 220 cm³/mol. The molecule has 0 spiro atoms. The molecule has 1 aromatic rings. The zero-order chi connectivity index (χ0) is 43.8. The Morgan fingerprint density at radius 3 is 1.07 bits per heavy atom. The first-order valence-electron chi connectivity index (χ1n) is 21.0. The van der Waals surface area contributed by atoms with Crippen molar-refractivity contribution in [1.82, 2.24) is 10.6 Å². The average Bonchev–Trinajstić information content (AvgIpc) is 3.26.